The van der Waals surface area contributed by atoms with Crippen LogP contribution in [-0.4, -0.2) is 39.2 Å². The summed E-state index contributed by atoms with van der Waals surface area (Å²) < 4.78 is 28.6. The van der Waals surface area contributed by atoms with Crippen LogP contribution in [0.15, 0.2) is 35.5 Å². The van der Waals surface area contributed by atoms with Crippen LogP contribution in [0.2, 0.25) is 0 Å². The maximum atomic E-state index is 14.9. The highest BCUT2D eigenvalue weighted by Crippen LogP contribution is 2.50. The van der Waals surface area contributed by atoms with Crippen molar-refractivity contribution in [2.75, 3.05) is 18.6 Å². The molecule has 1 aromatic heterocycles. The molecule has 0 aliphatic carbocycles. The van der Waals surface area contributed by atoms with Gasteiger partial charge in [-0.3, -0.25) is 4.79 Å². The molecule has 1 aliphatic rings. The van der Waals surface area contributed by atoms with Crippen molar-refractivity contribution in [3.8, 4) is 6.07 Å². The maximum Gasteiger partial charge on any atom is 0.274 e. The molecule has 7 nitrogen and oxygen atoms in total. The Morgan fingerprint density at radius 3 is 2.75 bits per heavy atom. The molecule has 168 valence electrons. The smallest absolute Gasteiger partial charge is 0.274 e. The fourth-order valence-electron chi connectivity index (χ4n) is 3.83. The predicted molar refractivity (Wildman–Crippen MR) is 120 cm³/mol. The molecule has 2 heterocycles. The number of aliphatic hydroxyl groups excluding tert-OH is 1. The number of pyridine rings is 1. The lowest BCUT2D eigenvalue weighted by Gasteiger charge is -2.47. The number of nitrogens with two attached hydrogens (primary N) is 1. The number of halogens is 2. The lowest BCUT2D eigenvalue weighted by Crippen LogP contribution is -2.53. The fraction of sp³-hybridized carbons (Fsp3) is 0.364. The van der Waals surface area contributed by atoms with Gasteiger partial charge in [0.15, 0.2) is 5.17 Å². The Bertz CT molecular complexity index is 1140. The third-order valence-corrected chi connectivity index (χ3v) is 7.16. The van der Waals surface area contributed by atoms with E-state index in [4.69, 9.17) is 11.0 Å². The molecule has 10 heteroatoms. The number of aliphatic hydroxyl groups is 1. The molecule has 0 fully saturated rings. The molecule has 0 bridgehead atoms. The van der Waals surface area contributed by atoms with Crippen LogP contribution in [0.1, 0.15) is 41.0 Å². The molecule has 4 N–H and O–H groups in total. The molecule has 1 amide bonds. The lowest BCUT2D eigenvalue weighted by molar-refractivity contribution is 0.102. The van der Waals surface area contributed by atoms with Crippen molar-refractivity contribution in [1.29, 1.82) is 5.26 Å². The summed E-state index contributed by atoms with van der Waals surface area (Å²) in [6, 6.07) is 7.28. The first-order valence-corrected chi connectivity index (χ1v) is 10.6. The van der Waals surface area contributed by atoms with Crippen LogP contribution in [0.25, 0.3) is 0 Å². The number of anilines is 1. The van der Waals surface area contributed by atoms with Crippen LogP contribution in [0.4, 0.5) is 14.5 Å². The van der Waals surface area contributed by atoms with E-state index in [0.29, 0.717) is 11.1 Å². The van der Waals surface area contributed by atoms with Crippen molar-refractivity contribution >= 4 is 28.5 Å². The molecule has 2 aromatic rings. The zero-order chi connectivity index (χ0) is 23.7. The average molecular weight is 460 g/mol. The molecule has 3 atom stereocenters. The van der Waals surface area contributed by atoms with Crippen LogP contribution in [-0.2, 0) is 5.54 Å². The molecule has 0 radical (unpaired) electrons. The van der Waals surface area contributed by atoms with Crippen LogP contribution >= 0.6 is 11.8 Å². The van der Waals surface area contributed by atoms with Gasteiger partial charge in [0.25, 0.3) is 5.91 Å². The van der Waals surface area contributed by atoms with Crippen molar-refractivity contribution in [2.24, 2.45) is 16.6 Å². The van der Waals surface area contributed by atoms with Crippen molar-refractivity contribution in [2.45, 2.75) is 31.1 Å². The Morgan fingerprint density at radius 1 is 1.44 bits per heavy atom. The monoisotopic (exact) mass is 459 g/mol. The van der Waals surface area contributed by atoms with E-state index < -0.39 is 34.6 Å². The van der Waals surface area contributed by atoms with Gasteiger partial charge < -0.3 is 16.2 Å². The molecule has 0 saturated heterocycles. The number of hydrogen-bond acceptors (Lipinski definition) is 7. The summed E-state index contributed by atoms with van der Waals surface area (Å²) in [6.07, 6.45) is 1.28. The summed E-state index contributed by atoms with van der Waals surface area (Å²) >= 11 is 1.12. The molecule has 3 rings (SSSR count). The molecule has 0 unspecified atom stereocenters. The number of hydrogen-bond donors (Lipinski definition) is 3. The number of amidine groups is 1. The molecule has 32 heavy (non-hydrogen) atoms. The van der Waals surface area contributed by atoms with E-state index in [9.17, 15) is 18.7 Å². The topological polar surface area (TPSA) is 124 Å². The average Bonchev–Trinajstić information content (AvgIpc) is 2.77. The second-order valence-corrected chi connectivity index (χ2v) is 9.51. The van der Waals surface area contributed by atoms with E-state index in [0.717, 1.165) is 17.8 Å². The van der Waals surface area contributed by atoms with Gasteiger partial charge >= 0.3 is 0 Å². The van der Waals surface area contributed by atoms with Crippen molar-refractivity contribution in [1.82, 2.24) is 4.98 Å². The second-order valence-electron chi connectivity index (χ2n) is 7.95. The van der Waals surface area contributed by atoms with Gasteiger partial charge in [-0.15, -0.1) is 0 Å². The number of alkyl halides is 1. The number of nitrogens with one attached hydrogen (secondary N) is 1. The number of benzene rings is 1. The van der Waals surface area contributed by atoms with E-state index in [-0.39, 0.29) is 28.7 Å². The van der Waals surface area contributed by atoms with E-state index in [1.807, 2.05) is 6.07 Å². The van der Waals surface area contributed by atoms with Gasteiger partial charge in [-0.2, -0.15) is 5.26 Å². The van der Waals surface area contributed by atoms with Gasteiger partial charge in [0, 0.05) is 28.1 Å². The molecular weight excluding hydrogens is 436 g/mol. The highest BCUT2D eigenvalue weighted by Gasteiger charge is 2.52. The highest BCUT2D eigenvalue weighted by molar-refractivity contribution is 8.15. The second kappa shape index (κ2) is 8.84. The molecule has 0 saturated carbocycles. The minimum absolute atomic E-state index is 0.0449. The first-order valence-electron chi connectivity index (χ1n) is 9.79. The number of carbonyl (C=O) groups excluding carboxylic acids is 1. The number of nitriles is 1. The number of rotatable bonds is 5. The van der Waals surface area contributed by atoms with Crippen LogP contribution in [0, 0.1) is 30.0 Å². The number of aryl methyl sites for hydroxylation is 1. The minimum Gasteiger partial charge on any atom is -0.395 e. The summed E-state index contributed by atoms with van der Waals surface area (Å²) in [5.74, 6) is -1.89. The summed E-state index contributed by atoms with van der Waals surface area (Å²) in [6.45, 7) is 3.70. The number of aromatic nitrogens is 1. The first kappa shape index (κ1) is 23.6. The van der Waals surface area contributed by atoms with Crippen molar-refractivity contribution in [3.63, 3.8) is 0 Å². The van der Waals surface area contributed by atoms with Gasteiger partial charge in [0.05, 0.1) is 12.2 Å². The minimum atomic E-state index is -1.67. The zero-order valence-electron chi connectivity index (χ0n) is 17.8. The Kier molecular flexibility index (Phi) is 6.53. The maximum absolute atomic E-state index is 14.9. The van der Waals surface area contributed by atoms with Gasteiger partial charge in [0.2, 0.25) is 0 Å². The summed E-state index contributed by atoms with van der Waals surface area (Å²) in [5.41, 5.74) is 5.33. The number of nitrogens with zero attached hydrogens (tertiary/aromatic N) is 3. The number of carbonyl (C=O) groups is 1. The van der Waals surface area contributed by atoms with Crippen molar-refractivity contribution in [3.05, 3.63) is 58.7 Å². The van der Waals surface area contributed by atoms with E-state index in [2.05, 4.69) is 15.3 Å². The van der Waals surface area contributed by atoms with Crippen LogP contribution in [0.5, 0.6) is 0 Å². The van der Waals surface area contributed by atoms with Gasteiger partial charge in [0.1, 0.15) is 29.8 Å². The normalized spacial score (nSPS) is 25.0. The molecule has 1 aliphatic heterocycles. The largest absolute Gasteiger partial charge is 0.395 e. The van der Waals surface area contributed by atoms with E-state index in [1.54, 1.807) is 20.8 Å². The summed E-state index contributed by atoms with van der Waals surface area (Å²) in [5, 5.41) is 21.6. The molecule has 1 aromatic carbocycles. The van der Waals surface area contributed by atoms with E-state index >= 15 is 0 Å². The Morgan fingerprint density at radius 2 is 2.16 bits per heavy atom. The van der Waals surface area contributed by atoms with Crippen LogP contribution < -0.4 is 11.1 Å². The van der Waals surface area contributed by atoms with Gasteiger partial charge in [-0.1, -0.05) is 18.7 Å². The SMILES string of the molecule is Cc1cc(C#N)cnc1C(=O)Nc1ccc(F)c([C@@]2(CF)N=C(N)S[C@](C)(CO)[C@H]2C)c1. The third kappa shape index (κ3) is 4.06. The Balaban J connectivity index is 2.02. The van der Waals surface area contributed by atoms with E-state index in [1.165, 1.54) is 24.4 Å². The zero-order valence-corrected chi connectivity index (χ0v) is 18.6. The molecular formula is C22H23F2N5O2S. The first-order chi connectivity index (χ1) is 15.1. The highest BCUT2D eigenvalue weighted by atomic mass is 32.2. The van der Waals surface area contributed by atoms with Gasteiger partial charge in [-0.25, -0.2) is 18.8 Å². The summed E-state index contributed by atoms with van der Waals surface area (Å²) in [4.78, 5) is 21.0. The third-order valence-electron chi connectivity index (χ3n) is 5.91. The van der Waals surface area contributed by atoms with Crippen LogP contribution in [0.3, 0.4) is 0 Å². The lowest BCUT2D eigenvalue weighted by atomic mass is 9.73. The van der Waals surface area contributed by atoms with Crippen molar-refractivity contribution < 1.29 is 18.7 Å². The Labute approximate surface area is 188 Å². The summed E-state index contributed by atoms with van der Waals surface area (Å²) in [7, 11) is 0. The predicted octanol–water partition coefficient (Wildman–Crippen LogP) is 3.27. The fourth-order valence-corrected chi connectivity index (χ4v) is 4.95. The van der Waals surface area contributed by atoms with Gasteiger partial charge in [-0.05, 0) is 43.7 Å². The standard InChI is InChI=1S/C22H23F2N5O2S/c1-12-6-14(8-25)9-27-18(12)19(31)28-15-4-5-17(24)16(7-15)22(10-23)13(2)21(3,11-30)32-20(26)29-22/h4-7,9,13,30H,10-11H2,1-3H3,(H2,26,29)(H,28,31)/t13-,21-,22+/m1/s1. The molecule has 0 spiro atoms. The quantitative estimate of drug-likeness (QED) is 0.630. The Hall–Kier alpha value is -3.03. The number of aliphatic imine (C=N–C) groups is 1. The number of thioether (sulfide) groups is 1. The number of amides is 1.